The first-order chi connectivity index (χ1) is 5.29. The van der Waals surface area contributed by atoms with E-state index in [1.807, 2.05) is 0 Å². The lowest BCUT2D eigenvalue weighted by Crippen LogP contribution is -2.32. The van der Waals surface area contributed by atoms with Gasteiger partial charge in [0, 0.05) is 4.57 Å². The van der Waals surface area contributed by atoms with Gasteiger partial charge in [0.2, 0.25) is 0 Å². The van der Waals surface area contributed by atoms with Gasteiger partial charge in [-0.25, -0.2) is 0 Å². The molecule has 0 aliphatic carbocycles. The van der Waals surface area contributed by atoms with E-state index >= 15 is 0 Å². The molecule has 0 aliphatic heterocycles. The van der Waals surface area contributed by atoms with Crippen LogP contribution in [-0.2, 0) is 9.36 Å². The highest BCUT2D eigenvalue weighted by molar-refractivity contribution is 7.30. The van der Waals surface area contributed by atoms with Crippen LogP contribution in [0.25, 0.3) is 0 Å². The molecular weight excluding hydrogens is 185 g/mol. The Hall–Kier alpha value is -0.550. The second kappa shape index (κ2) is 7.12. The van der Waals surface area contributed by atoms with E-state index in [1.165, 1.54) is 0 Å². The highest BCUT2D eigenvalue weighted by Gasteiger charge is 2.11. The summed E-state index contributed by atoms with van der Waals surface area (Å²) < 4.78 is 8.70. The second-order valence-electron chi connectivity index (χ2n) is 2.23. The van der Waals surface area contributed by atoms with Crippen LogP contribution in [0.5, 0.6) is 0 Å². The Morgan fingerprint density at radius 2 is 1.67 bits per heavy atom. The van der Waals surface area contributed by atoms with Crippen molar-refractivity contribution in [1.82, 2.24) is 4.90 Å². The Labute approximate surface area is 71.4 Å². The minimum atomic E-state index is -2.87. The van der Waals surface area contributed by atoms with Crippen LogP contribution >= 0.6 is 8.25 Å². The molecule has 0 amide bonds. The average Bonchev–Trinajstić information content (AvgIpc) is 1.84. The third-order valence-electron chi connectivity index (χ3n) is 1.13. The molecule has 0 radical (unpaired) electrons. The second-order valence-corrected chi connectivity index (χ2v) is 2.74. The van der Waals surface area contributed by atoms with Gasteiger partial charge in [0.05, 0.1) is 0 Å². The van der Waals surface area contributed by atoms with E-state index in [9.17, 15) is 4.79 Å². The first kappa shape index (κ1) is 14.0. The first-order valence-corrected chi connectivity index (χ1v) is 4.19. The summed E-state index contributed by atoms with van der Waals surface area (Å²) in [6.07, 6.45) is 0. The molecule has 1 atom stereocenters. The summed E-state index contributed by atoms with van der Waals surface area (Å²) >= 11 is 0. The topological polar surface area (TPSA) is 98.1 Å². The van der Waals surface area contributed by atoms with Crippen LogP contribution in [0.2, 0.25) is 0 Å². The molecule has 0 aliphatic rings. The Morgan fingerprint density at radius 1 is 1.42 bits per heavy atom. The molecule has 0 spiro atoms. The van der Waals surface area contributed by atoms with E-state index in [1.54, 1.807) is 25.9 Å². The molecule has 0 fully saturated rings. The van der Waals surface area contributed by atoms with Crippen molar-refractivity contribution in [2.75, 3.05) is 14.1 Å². The smallest absolute Gasteiger partial charge is 0.480 e. The first-order valence-electron chi connectivity index (χ1n) is 3.03. The molecule has 0 bridgehead atoms. The van der Waals surface area contributed by atoms with E-state index in [0.717, 1.165) is 0 Å². The number of hydrogen-bond donors (Lipinski definition) is 3. The van der Waals surface area contributed by atoms with Gasteiger partial charge in [-0.1, -0.05) is 0 Å². The van der Waals surface area contributed by atoms with E-state index in [-0.39, 0.29) is 6.04 Å². The van der Waals surface area contributed by atoms with Crippen molar-refractivity contribution in [2.45, 2.75) is 13.0 Å². The lowest BCUT2D eigenvalue weighted by molar-refractivity contribution is -0.141. The van der Waals surface area contributed by atoms with Crippen LogP contribution in [0.15, 0.2) is 0 Å². The maximum atomic E-state index is 10.1. The maximum Gasteiger partial charge on any atom is 0.692 e. The quantitative estimate of drug-likeness (QED) is 0.524. The van der Waals surface area contributed by atoms with E-state index in [0.29, 0.717) is 0 Å². The zero-order chi connectivity index (χ0) is 10.3. The molecule has 0 saturated carbocycles. The number of rotatable bonds is 2. The molecule has 0 saturated heterocycles. The summed E-state index contributed by atoms with van der Waals surface area (Å²) in [6.45, 7) is 1.64. The van der Waals surface area contributed by atoms with Gasteiger partial charge >= 0.3 is 14.2 Å². The molecule has 0 aromatic rings. The van der Waals surface area contributed by atoms with Crippen molar-refractivity contribution in [2.24, 2.45) is 0 Å². The summed E-state index contributed by atoms with van der Waals surface area (Å²) in [5.41, 5.74) is 0. The number of carboxylic acids is 1. The van der Waals surface area contributed by atoms with Crippen molar-refractivity contribution in [3.8, 4) is 0 Å². The van der Waals surface area contributed by atoms with Gasteiger partial charge < -0.3 is 5.11 Å². The monoisotopic (exact) mass is 198 g/mol. The van der Waals surface area contributed by atoms with Crippen molar-refractivity contribution in [3.05, 3.63) is 0 Å². The molecular formula is C5H13NO5P+. The van der Waals surface area contributed by atoms with E-state index in [2.05, 4.69) is 0 Å². The van der Waals surface area contributed by atoms with Gasteiger partial charge in [-0.15, -0.1) is 9.79 Å². The number of aliphatic carboxylic acids is 1. The molecule has 72 valence electrons. The molecule has 7 heteroatoms. The molecule has 0 heterocycles. The van der Waals surface area contributed by atoms with Gasteiger partial charge in [-0.2, -0.15) is 0 Å². The van der Waals surface area contributed by atoms with Crippen LogP contribution in [0.3, 0.4) is 0 Å². The number of hydrogen-bond acceptors (Lipinski definition) is 3. The number of nitrogens with zero attached hydrogens (tertiary/aromatic N) is 1. The summed E-state index contributed by atoms with van der Waals surface area (Å²) in [6, 6.07) is -0.380. The Bertz CT molecular complexity index is 156. The third kappa shape index (κ3) is 12.2. The molecule has 0 aromatic heterocycles. The predicted octanol–water partition coefficient (Wildman–Crippen LogP) is -0.350. The lowest BCUT2D eigenvalue weighted by atomic mass is 10.3. The summed E-state index contributed by atoms with van der Waals surface area (Å²) in [5.74, 6) is -0.782. The van der Waals surface area contributed by atoms with E-state index < -0.39 is 14.2 Å². The fourth-order valence-corrected chi connectivity index (χ4v) is 0.221. The number of carbonyl (C=O) groups is 1. The fourth-order valence-electron chi connectivity index (χ4n) is 0.221. The number of likely N-dealkylation sites (N-methyl/N-ethyl adjacent to an activating group) is 1. The standard InChI is InChI=1S/C5H11NO2.HO3P/c1-4(5(7)8)6(2)3;1-4(2)3/h4H,1-3H3,(H,7,8);(H-,1,2,3)/p+1. The van der Waals surface area contributed by atoms with Crippen LogP contribution in [0.1, 0.15) is 6.92 Å². The maximum absolute atomic E-state index is 10.1. The molecule has 6 nitrogen and oxygen atoms in total. The van der Waals surface area contributed by atoms with Crippen molar-refractivity contribution < 1.29 is 24.3 Å². The Balaban J connectivity index is 0. The van der Waals surface area contributed by atoms with Gasteiger partial charge in [0.25, 0.3) is 0 Å². The van der Waals surface area contributed by atoms with Crippen molar-refractivity contribution >= 4 is 14.2 Å². The Kier molecular flexibility index (Phi) is 8.31. The van der Waals surface area contributed by atoms with E-state index in [4.69, 9.17) is 19.5 Å². The van der Waals surface area contributed by atoms with Gasteiger partial charge in [-0.3, -0.25) is 9.69 Å². The average molecular weight is 198 g/mol. The van der Waals surface area contributed by atoms with Crippen molar-refractivity contribution in [1.29, 1.82) is 0 Å². The van der Waals surface area contributed by atoms with Crippen LogP contribution < -0.4 is 0 Å². The minimum absolute atomic E-state index is 0.380. The predicted molar refractivity (Wildman–Crippen MR) is 42.8 cm³/mol. The van der Waals surface area contributed by atoms with Gasteiger partial charge in [0.15, 0.2) is 0 Å². The molecule has 0 aromatic carbocycles. The van der Waals surface area contributed by atoms with Gasteiger partial charge in [0.1, 0.15) is 6.04 Å². The highest BCUT2D eigenvalue weighted by Crippen LogP contribution is 1.98. The third-order valence-corrected chi connectivity index (χ3v) is 1.13. The number of carboxylic acid groups (broad SMARTS) is 1. The molecule has 3 N–H and O–H groups in total. The normalized spacial score (nSPS) is 11.5. The zero-order valence-corrected chi connectivity index (χ0v) is 8.02. The summed E-state index contributed by atoms with van der Waals surface area (Å²) in [4.78, 5) is 26.0. The molecule has 12 heavy (non-hydrogen) atoms. The largest absolute Gasteiger partial charge is 0.692 e. The minimum Gasteiger partial charge on any atom is -0.480 e. The van der Waals surface area contributed by atoms with Crippen molar-refractivity contribution in [3.63, 3.8) is 0 Å². The molecule has 0 rings (SSSR count). The fraction of sp³-hybridized carbons (Fsp3) is 0.800. The van der Waals surface area contributed by atoms with Crippen LogP contribution in [0.4, 0.5) is 0 Å². The molecule has 1 unspecified atom stereocenters. The Morgan fingerprint density at radius 3 is 1.67 bits per heavy atom. The zero-order valence-electron chi connectivity index (χ0n) is 7.13. The van der Waals surface area contributed by atoms with Crippen LogP contribution in [0, 0.1) is 0 Å². The summed E-state index contributed by atoms with van der Waals surface area (Å²) in [7, 11) is 0.599. The highest BCUT2D eigenvalue weighted by atomic mass is 31.1. The summed E-state index contributed by atoms with van der Waals surface area (Å²) in [5, 5.41) is 8.31. The van der Waals surface area contributed by atoms with Gasteiger partial charge in [-0.05, 0) is 21.0 Å². The SMILES string of the molecule is CC(C(=O)O)N(C)C.O=[P+](O)O. The van der Waals surface area contributed by atoms with Crippen LogP contribution in [-0.4, -0.2) is 45.9 Å². The lowest BCUT2D eigenvalue weighted by Gasteiger charge is -2.13.